The summed E-state index contributed by atoms with van der Waals surface area (Å²) in [5.74, 6) is -0.136. The van der Waals surface area contributed by atoms with Crippen LogP contribution < -0.4 is 10.1 Å². The Bertz CT molecular complexity index is 954. The summed E-state index contributed by atoms with van der Waals surface area (Å²) in [6.45, 7) is 1.70. The highest BCUT2D eigenvalue weighted by Crippen LogP contribution is 2.18. The molecule has 1 aromatic heterocycles. The number of nitrogens with one attached hydrogen (secondary N) is 1. The van der Waals surface area contributed by atoms with Gasteiger partial charge in [0.05, 0.1) is 17.8 Å². The van der Waals surface area contributed by atoms with Gasteiger partial charge in [0.1, 0.15) is 23.2 Å². The van der Waals surface area contributed by atoms with E-state index in [0.717, 1.165) is 0 Å². The quantitative estimate of drug-likeness (QED) is 0.619. The molecule has 2 aromatic carbocycles. The molecule has 1 heterocycles. The molecule has 0 atom stereocenters. The number of rotatable bonds is 7. The summed E-state index contributed by atoms with van der Waals surface area (Å²) in [7, 11) is 0. The number of hydrogen-bond acceptors (Lipinski definition) is 5. The first-order valence-electron chi connectivity index (χ1n) is 8.23. The molecular weight excluding hydrogens is 367 g/mol. The third kappa shape index (κ3) is 5.21. The maximum atomic E-state index is 12.9. The lowest BCUT2D eigenvalue weighted by Crippen LogP contribution is -2.16. The standard InChI is InChI=1S/C20H17FN2O3S/c1-13(24)17-4-2-3-5-18(17)23-19(25)10-15-12-27-20(22-15)11-26-16-8-6-14(21)7-9-16/h2-9,12H,10-11H2,1H3,(H,23,25). The SMILES string of the molecule is CC(=O)c1ccccc1NC(=O)Cc1csc(COc2ccc(F)cc2)n1. The number of nitrogens with zero attached hydrogens (tertiary/aromatic N) is 1. The molecule has 0 fully saturated rings. The van der Waals surface area contributed by atoms with Gasteiger partial charge in [-0.25, -0.2) is 9.37 Å². The molecule has 5 nitrogen and oxygen atoms in total. The number of halogens is 1. The number of ether oxygens (including phenoxy) is 1. The molecule has 0 bridgehead atoms. The van der Waals surface area contributed by atoms with Gasteiger partial charge >= 0.3 is 0 Å². The molecule has 0 aliphatic carbocycles. The van der Waals surface area contributed by atoms with Crippen LogP contribution >= 0.6 is 11.3 Å². The minimum atomic E-state index is -0.323. The van der Waals surface area contributed by atoms with Gasteiger partial charge in [0.2, 0.25) is 5.91 Å². The predicted molar refractivity (Wildman–Crippen MR) is 102 cm³/mol. The highest BCUT2D eigenvalue weighted by Gasteiger charge is 2.12. The van der Waals surface area contributed by atoms with Crippen molar-refractivity contribution >= 4 is 28.7 Å². The van der Waals surface area contributed by atoms with E-state index in [9.17, 15) is 14.0 Å². The number of hydrogen-bond donors (Lipinski definition) is 1. The molecule has 1 N–H and O–H groups in total. The maximum Gasteiger partial charge on any atom is 0.230 e. The Morgan fingerprint density at radius 1 is 1.15 bits per heavy atom. The summed E-state index contributed by atoms with van der Waals surface area (Å²) in [6, 6.07) is 12.6. The number of anilines is 1. The number of Topliss-reactive ketones (excluding diaryl/α,β-unsaturated/α-hetero) is 1. The number of carbonyl (C=O) groups excluding carboxylic acids is 2. The number of amides is 1. The van der Waals surface area contributed by atoms with E-state index in [1.54, 1.807) is 41.8 Å². The fourth-order valence-corrected chi connectivity index (χ4v) is 3.14. The van der Waals surface area contributed by atoms with Gasteiger partial charge in [-0.05, 0) is 43.3 Å². The number of benzene rings is 2. The molecule has 0 unspecified atom stereocenters. The van der Waals surface area contributed by atoms with E-state index >= 15 is 0 Å². The zero-order chi connectivity index (χ0) is 19.2. The van der Waals surface area contributed by atoms with Crippen molar-refractivity contribution in [1.82, 2.24) is 4.98 Å². The van der Waals surface area contributed by atoms with Gasteiger partial charge < -0.3 is 10.1 Å². The van der Waals surface area contributed by atoms with Crippen LogP contribution in [-0.4, -0.2) is 16.7 Å². The molecule has 0 aliphatic heterocycles. The molecule has 138 valence electrons. The van der Waals surface area contributed by atoms with Gasteiger partial charge in [0, 0.05) is 10.9 Å². The molecule has 3 aromatic rings. The smallest absolute Gasteiger partial charge is 0.230 e. The Morgan fingerprint density at radius 2 is 1.89 bits per heavy atom. The van der Waals surface area contributed by atoms with Crippen molar-refractivity contribution in [2.75, 3.05) is 5.32 Å². The zero-order valence-electron chi connectivity index (χ0n) is 14.6. The summed E-state index contributed by atoms with van der Waals surface area (Å²) in [5.41, 5.74) is 1.58. The summed E-state index contributed by atoms with van der Waals surface area (Å²) in [6.07, 6.45) is 0.0965. The topological polar surface area (TPSA) is 68.3 Å². The van der Waals surface area contributed by atoms with Crippen LogP contribution in [0, 0.1) is 5.82 Å². The van der Waals surface area contributed by atoms with Gasteiger partial charge in [0.15, 0.2) is 5.78 Å². The molecule has 1 amide bonds. The lowest BCUT2D eigenvalue weighted by Gasteiger charge is -2.08. The van der Waals surface area contributed by atoms with Crippen LogP contribution in [0.2, 0.25) is 0 Å². The first-order chi connectivity index (χ1) is 13.0. The summed E-state index contributed by atoms with van der Waals surface area (Å²) < 4.78 is 18.4. The number of ketones is 1. The Morgan fingerprint density at radius 3 is 2.63 bits per heavy atom. The van der Waals surface area contributed by atoms with E-state index in [1.165, 1.54) is 30.4 Å². The molecule has 0 aliphatic rings. The van der Waals surface area contributed by atoms with Crippen LogP contribution in [0.15, 0.2) is 53.9 Å². The van der Waals surface area contributed by atoms with Gasteiger partial charge in [-0.2, -0.15) is 0 Å². The van der Waals surface area contributed by atoms with E-state index in [1.807, 2.05) is 0 Å². The second kappa shape index (κ2) is 8.55. The second-order valence-electron chi connectivity index (χ2n) is 5.80. The lowest BCUT2D eigenvalue weighted by molar-refractivity contribution is -0.115. The molecule has 0 saturated heterocycles. The number of aromatic nitrogens is 1. The highest BCUT2D eigenvalue weighted by atomic mass is 32.1. The molecule has 0 radical (unpaired) electrons. The largest absolute Gasteiger partial charge is 0.486 e. The third-order valence-corrected chi connectivity index (χ3v) is 4.57. The zero-order valence-corrected chi connectivity index (χ0v) is 15.4. The van der Waals surface area contributed by atoms with Crippen molar-refractivity contribution in [3.63, 3.8) is 0 Å². The lowest BCUT2D eigenvalue weighted by atomic mass is 10.1. The van der Waals surface area contributed by atoms with E-state index in [2.05, 4.69) is 10.3 Å². The fraction of sp³-hybridized carbons (Fsp3) is 0.150. The summed E-state index contributed by atoms with van der Waals surface area (Å²) in [5, 5.41) is 5.26. The number of carbonyl (C=O) groups is 2. The van der Waals surface area contributed by atoms with E-state index < -0.39 is 0 Å². The monoisotopic (exact) mass is 384 g/mol. The third-order valence-electron chi connectivity index (χ3n) is 3.70. The van der Waals surface area contributed by atoms with Crippen LogP contribution in [0.4, 0.5) is 10.1 Å². The van der Waals surface area contributed by atoms with Crippen molar-refractivity contribution in [1.29, 1.82) is 0 Å². The fourth-order valence-electron chi connectivity index (χ4n) is 2.43. The maximum absolute atomic E-state index is 12.9. The Hall–Kier alpha value is -3.06. The normalized spacial score (nSPS) is 10.4. The second-order valence-corrected chi connectivity index (χ2v) is 6.74. The van der Waals surface area contributed by atoms with Crippen molar-refractivity contribution < 1.29 is 18.7 Å². The van der Waals surface area contributed by atoms with Crippen molar-refractivity contribution in [3.05, 3.63) is 76.0 Å². The van der Waals surface area contributed by atoms with Crippen LogP contribution in [0.1, 0.15) is 28.0 Å². The van der Waals surface area contributed by atoms with Crippen molar-refractivity contribution in [2.45, 2.75) is 20.0 Å². The molecule has 0 spiro atoms. The van der Waals surface area contributed by atoms with Crippen molar-refractivity contribution in [3.8, 4) is 5.75 Å². The minimum Gasteiger partial charge on any atom is -0.486 e. The van der Waals surface area contributed by atoms with Crippen LogP contribution in [-0.2, 0) is 17.8 Å². The van der Waals surface area contributed by atoms with Crippen molar-refractivity contribution in [2.24, 2.45) is 0 Å². The van der Waals surface area contributed by atoms with E-state index in [0.29, 0.717) is 27.7 Å². The Kier molecular flexibility index (Phi) is 5.93. The first-order valence-corrected chi connectivity index (χ1v) is 9.10. The van der Waals surface area contributed by atoms with Crippen LogP contribution in [0.3, 0.4) is 0 Å². The minimum absolute atomic E-state index is 0.0965. The average Bonchev–Trinajstić information content (AvgIpc) is 3.08. The Labute approximate surface area is 159 Å². The number of thiazole rings is 1. The highest BCUT2D eigenvalue weighted by molar-refractivity contribution is 7.09. The molecule has 3 rings (SSSR count). The predicted octanol–water partition coefficient (Wildman–Crippen LogP) is 4.25. The van der Waals surface area contributed by atoms with Gasteiger partial charge in [-0.15, -0.1) is 11.3 Å². The van der Waals surface area contributed by atoms with Gasteiger partial charge in [-0.1, -0.05) is 12.1 Å². The van der Waals surface area contributed by atoms with E-state index in [-0.39, 0.29) is 30.5 Å². The van der Waals surface area contributed by atoms with Crippen LogP contribution in [0.5, 0.6) is 5.75 Å². The van der Waals surface area contributed by atoms with Gasteiger partial charge in [-0.3, -0.25) is 9.59 Å². The summed E-state index contributed by atoms with van der Waals surface area (Å²) in [4.78, 5) is 28.2. The van der Waals surface area contributed by atoms with Gasteiger partial charge in [0.25, 0.3) is 0 Å². The van der Waals surface area contributed by atoms with E-state index in [4.69, 9.17) is 4.74 Å². The average molecular weight is 384 g/mol. The molecule has 27 heavy (non-hydrogen) atoms. The molecular formula is C20H17FN2O3S. The molecule has 0 saturated carbocycles. The summed E-state index contributed by atoms with van der Waals surface area (Å²) >= 11 is 1.38. The van der Waals surface area contributed by atoms with Crippen LogP contribution in [0.25, 0.3) is 0 Å². The first kappa shape index (κ1) is 18.7. The molecule has 7 heteroatoms. The number of para-hydroxylation sites is 1. The Balaban J connectivity index is 1.56.